The van der Waals surface area contributed by atoms with E-state index in [-0.39, 0.29) is 0 Å². The quantitative estimate of drug-likeness (QED) is 0.548. The molecule has 0 unspecified atom stereocenters. The zero-order valence-corrected chi connectivity index (χ0v) is 7.46. The fraction of sp³-hybridized carbons (Fsp3) is 0.167. The molecule has 12 heavy (non-hydrogen) atoms. The highest BCUT2D eigenvalue weighted by Crippen LogP contribution is 2.13. The highest BCUT2D eigenvalue weighted by molar-refractivity contribution is 5.77. The predicted molar refractivity (Wildman–Crippen MR) is 53.7 cm³/mol. The molecule has 0 amide bonds. The van der Waals surface area contributed by atoms with Crippen LogP contribution in [0.3, 0.4) is 0 Å². The molecule has 0 radical (unpaired) electrons. The Kier molecular flexibility index (Phi) is 2.71. The summed E-state index contributed by atoms with van der Waals surface area (Å²) in [5.41, 5.74) is 3.33. The molecule has 1 aromatic carbocycles. The van der Waals surface area contributed by atoms with Gasteiger partial charge in [0.2, 0.25) is 0 Å². The van der Waals surface area contributed by atoms with Gasteiger partial charge in [0, 0.05) is 5.57 Å². The van der Waals surface area contributed by atoms with Crippen LogP contribution in [0.4, 0.5) is 0 Å². The maximum Gasteiger partial charge on any atom is 0.0272 e. The predicted octanol–water partition coefficient (Wildman–Crippen LogP) is 3.03. The molecule has 0 spiro atoms. The second kappa shape index (κ2) is 3.78. The average Bonchev–Trinajstić information content (AvgIpc) is 2.10. The largest absolute Gasteiger partial charge is 0.115 e. The number of rotatable bonds is 1. The third-order valence-corrected chi connectivity index (χ3v) is 1.81. The van der Waals surface area contributed by atoms with Crippen molar-refractivity contribution in [2.45, 2.75) is 13.8 Å². The first-order valence-corrected chi connectivity index (χ1v) is 3.98. The van der Waals surface area contributed by atoms with Crippen molar-refractivity contribution in [2.75, 3.05) is 0 Å². The molecule has 0 atom stereocenters. The summed E-state index contributed by atoms with van der Waals surface area (Å²) in [4.78, 5) is 0. The van der Waals surface area contributed by atoms with Crippen LogP contribution < -0.4 is 0 Å². The van der Waals surface area contributed by atoms with E-state index < -0.39 is 0 Å². The molecule has 60 valence electrons. The van der Waals surface area contributed by atoms with Gasteiger partial charge in [0.15, 0.2) is 0 Å². The molecular weight excluding hydrogens is 144 g/mol. The molecule has 0 aliphatic carbocycles. The fourth-order valence-electron chi connectivity index (χ4n) is 1.07. The van der Waals surface area contributed by atoms with E-state index in [4.69, 9.17) is 6.42 Å². The summed E-state index contributed by atoms with van der Waals surface area (Å²) in [6, 6.07) is 8.22. The minimum Gasteiger partial charge on any atom is -0.115 e. The number of benzene rings is 1. The zero-order chi connectivity index (χ0) is 8.97. The maximum atomic E-state index is 5.34. The molecule has 0 saturated carbocycles. The summed E-state index contributed by atoms with van der Waals surface area (Å²) in [5, 5.41) is 0. The molecule has 0 heterocycles. The van der Waals surface area contributed by atoms with Gasteiger partial charge in [0.05, 0.1) is 0 Å². The molecule has 0 bridgehead atoms. The molecular formula is C12H12. The Balaban J connectivity index is 3.06. The van der Waals surface area contributed by atoms with Gasteiger partial charge in [-0.15, -0.1) is 6.42 Å². The minimum atomic E-state index is 0.954. The lowest BCUT2D eigenvalue weighted by molar-refractivity contribution is 1.45. The van der Waals surface area contributed by atoms with E-state index >= 15 is 0 Å². The van der Waals surface area contributed by atoms with Crippen LogP contribution in [0, 0.1) is 19.3 Å². The van der Waals surface area contributed by atoms with Crippen LogP contribution in [-0.2, 0) is 0 Å². The maximum absolute atomic E-state index is 5.34. The minimum absolute atomic E-state index is 0.954. The molecule has 0 fully saturated rings. The highest BCUT2D eigenvalue weighted by Gasteiger charge is 1.94. The smallest absolute Gasteiger partial charge is 0.0272 e. The van der Waals surface area contributed by atoms with Crippen LogP contribution in [0.15, 0.2) is 30.3 Å². The lowest BCUT2D eigenvalue weighted by Gasteiger charge is -1.99. The van der Waals surface area contributed by atoms with Crippen molar-refractivity contribution in [3.8, 4) is 12.3 Å². The molecule has 0 N–H and O–H groups in total. The molecule has 1 aromatic rings. The second-order valence-corrected chi connectivity index (χ2v) is 2.71. The monoisotopic (exact) mass is 156 g/mol. The van der Waals surface area contributed by atoms with Gasteiger partial charge in [-0.1, -0.05) is 41.8 Å². The van der Waals surface area contributed by atoms with E-state index in [0.29, 0.717) is 0 Å². The number of hydrogen-bond acceptors (Lipinski definition) is 0. The lowest BCUT2D eigenvalue weighted by atomic mass is 10.1. The summed E-state index contributed by atoms with van der Waals surface area (Å²) < 4.78 is 0. The number of hydrogen-bond donors (Lipinski definition) is 0. The van der Waals surface area contributed by atoms with Gasteiger partial charge in [0.1, 0.15) is 0 Å². The van der Waals surface area contributed by atoms with Crippen molar-refractivity contribution in [1.82, 2.24) is 0 Å². The summed E-state index contributed by atoms with van der Waals surface area (Å²) >= 11 is 0. The molecule has 0 aliphatic heterocycles. The first-order chi connectivity index (χ1) is 5.77. The lowest BCUT2D eigenvalue weighted by Crippen LogP contribution is -1.80. The Bertz CT molecular complexity index is 320. The van der Waals surface area contributed by atoms with Gasteiger partial charge in [-0.25, -0.2) is 0 Å². The van der Waals surface area contributed by atoms with Crippen LogP contribution in [0.1, 0.15) is 18.1 Å². The van der Waals surface area contributed by atoms with Crippen molar-refractivity contribution in [3.63, 3.8) is 0 Å². The molecule has 0 nitrogen and oxygen atoms in total. The summed E-state index contributed by atoms with van der Waals surface area (Å²) in [6.45, 7) is 4.02. The van der Waals surface area contributed by atoms with Crippen molar-refractivity contribution in [2.24, 2.45) is 0 Å². The number of aryl methyl sites for hydroxylation is 1. The second-order valence-electron chi connectivity index (χ2n) is 2.71. The highest BCUT2D eigenvalue weighted by atomic mass is 14.0. The molecule has 1 rings (SSSR count). The van der Waals surface area contributed by atoms with Gasteiger partial charge < -0.3 is 0 Å². The average molecular weight is 156 g/mol. The Hall–Kier alpha value is -1.48. The normalized spacial score (nSPS) is 10.9. The third-order valence-electron chi connectivity index (χ3n) is 1.81. The van der Waals surface area contributed by atoms with Gasteiger partial charge in [-0.3, -0.25) is 0 Å². The number of terminal acetylenes is 1. The molecule has 0 aromatic heterocycles. The zero-order valence-electron chi connectivity index (χ0n) is 7.46. The molecule has 0 aliphatic rings. The summed E-state index contributed by atoms with van der Waals surface area (Å²) in [6.07, 6.45) is 7.28. The Morgan fingerprint density at radius 1 is 1.33 bits per heavy atom. The van der Waals surface area contributed by atoms with E-state index in [1.54, 1.807) is 0 Å². The van der Waals surface area contributed by atoms with Crippen LogP contribution in [0.25, 0.3) is 5.57 Å². The van der Waals surface area contributed by atoms with Crippen molar-refractivity contribution < 1.29 is 0 Å². The Labute approximate surface area is 73.9 Å². The molecule has 0 heteroatoms. The van der Waals surface area contributed by atoms with E-state index in [2.05, 4.69) is 25.0 Å². The van der Waals surface area contributed by atoms with Crippen LogP contribution in [0.5, 0.6) is 0 Å². The van der Waals surface area contributed by atoms with Crippen molar-refractivity contribution in [3.05, 3.63) is 41.5 Å². The van der Waals surface area contributed by atoms with Gasteiger partial charge >= 0.3 is 0 Å². The van der Waals surface area contributed by atoms with Crippen LogP contribution in [-0.4, -0.2) is 0 Å². The van der Waals surface area contributed by atoms with E-state index in [9.17, 15) is 0 Å². The first-order valence-electron chi connectivity index (χ1n) is 3.98. The van der Waals surface area contributed by atoms with Crippen LogP contribution in [0.2, 0.25) is 0 Å². The van der Waals surface area contributed by atoms with E-state index in [1.165, 1.54) is 5.56 Å². The third kappa shape index (κ3) is 1.77. The standard InChI is InChI=1S/C12H12/c1-4-11(5-2)12-8-6-10(3)7-9-12/h1,5-9H,2-3H3/b11-5+. The topological polar surface area (TPSA) is 0 Å². The number of allylic oxidation sites excluding steroid dienone is 2. The van der Waals surface area contributed by atoms with Crippen molar-refractivity contribution in [1.29, 1.82) is 0 Å². The van der Waals surface area contributed by atoms with Gasteiger partial charge in [-0.05, 0) is 19.4 Å². The molecule has 0 saturated heterocycles. The van der Waals surface area contributed by atoms with Gasteiger partial charge in [-0.2, -0.15) is 0 Å². The van der Waals surface area contributed by atoms with Gasteiger partial charge in [0.25, 0.3) is 0 Å². The van der Waals surface area contributed by atoms with Crippen LogP contribution >= 0.6 is 0 Å². The Morgan fingerprint density at radius 2 is 1.92 bits per heavy atom. The van der Waals surface area contributed by atoms with Crippen molar-refractivity contribution >= 4 is 5.57 Å². The summed E-state index contributed by atoms with van der Waals surface area (Å²) in [7, 11) is 0. The Morgan fingerprint density at radius 3 is 2.33 bits per heavy atom. The SMILES string of the molecule is C#C/C(=C\C)c1ccc(C)cc1. The van der Waals surface area contributed by atoms with E-state index in [0.717, 1.165) is 11.1 Å². The van der Waals surface area contributed by atoms with E-state index in [1.807, 2.05) is 25.1 Å². The fourth-order valence-corrected chi connectivity index (χ4v) is 1.07. The first kappa shape index (κ1) is 8.62. The summed E-state index contributed by atoms with van der Waals surface area (Å²) in [5.74, 6) is 2.65.